The molecule has 13 heavy (non-hydrogen) atoms. The van der Waals surface area contributed by atoms with E-state index in [0.29, 0.717) is 0 Å². The minimum absolute atomic E-state index is 1.08. The molecule has 0 amide bonds. The Morgan fingerprint density at radius 1 is 1.23 bits per heavy atom. The first-order chi connectivity index (χ1) is 6.38. The zero-order chi connectivity index (χ0) is 9.10. The molecule has 1 saturated heterocycles. The molecule has 2 aliphatic rings. The lowest BCUT2D eigenvalue weighted by Gasteiger charge is -2.21. The summed E-state index contributed by atoms with van der Waals surface area (Å²) in [4.78, 5) is 2.51. The summed E-state index contributed by atoms with van der Waals surface area (Å²) in [6.07, 6.45) is 12.7. The standard InChI is InChI=1S/C12H17N/c1-11-7-3-2-4-8-12(11)13-9-5-6-10-13/h2-3,7-8H,4-6,9-10H2,1H3. The Morgan fingerprint density at radius 3 is 2.77 bits per heavy atom. The maximum Gasteiger partial charge on any atom is 0.0358 e. The van der Waals surface area contributed by atoms with E-state index < -0.39 is 0 Å². The number of rotatable bonds is 1. The molecular formula is C12H17N. The number of hydrogen-bond donors (Lipinski definition) is 0. The number of nitrogens with zero attached hydrogens (tertiary/aromatic N) is 1. The summed E-state index contributed by atoms with van der Waals surface area (Å²) in [5, 5.41) is 0. The van der Waals surface area contributed by atoms with Crippen molar-refractivity contribution in [1.29, 1.82) is 0 Å². The molecule has 0 spiro atoms. The van der Waals surface area contributed by atoms with Crippen LogP contribution in [0.4, 0.5) is 0 Å². The molecule has 0 aromatic heterocycles. The Bertz CT molecular complexity index is 265. The Balaban J connectivity index is 2.16. The largest absolute Gasteiger partial charge is 0.372 e. The van der Waals surface area contributed by atoms with Crippen LogP contribution in [0.2, 0.25) is 0 Å². The molecule has 0 bridgehead atoms. The second kappa shape index (κ2) is 3.82. The van der Waals surface area contributed by atoms with Gasteiger partial charge >= 0.3 is 0 Å². The normalized spacial score (nSPS) is 22.7. The van der Waals surface area contributed by atoms with Crippen LogP contribution < -0.4 is 0 Å². The third kappa shape index (κ3) is 1.85. The van der Waals surface area contributed by atoms with Crippen molar-refractivity contribution in [2.24, 2.45) is 0 Å². The van der Waals surface area contributed by atoms with E-state index in [2.05, 4.69) is 36.1 Å². The van der Waals surface area contributed by atoms with Gasteiger partial charge in [0.25, 0.3) is 0 Å². The molecule has 2 rings (SSSR count). The van der Waals surface area contributed by atoms with Crippen LogP contribution in [-0.2, 0) is 0 Å². The van der Waals surface area contributed by atoms with Gasteiger partial charge in [-0.1, -0.05) is 24.3 Å². The number of hydrogen-bond acceptors (Lipinski definition) is 1. The van der Waals surface area contributed by atoms with Gasteiger partial charge in [-0.2, -0.15) is 0 Å². The van der Waals surface area contributed by atoms with E-state index in [1.807, 2.05) is 0 Å². The molecule has 70 valence electrons. The Morgan fingerprint density at radius 2 is 2.00 bits per heavy atom. The highest BCUT2D eigenvalue weighted by Crippen LogP contribution is 2.22. The van der Waals surface area contributed by atoms with Gasteiger partial charge in [0, 0.05) is 18.8 Å². The Kier molecular flexibility index (Phi) is 2.53. The molecule has 0 N–H and O–H groups in total. The molecule has 1 heteroatoms. The molecule has 1 nitrogen and oxygen atoms in total. The lowest BCUT2D eigenvalue weighted by Crippen LogP contribution is -2.19. The van der Waals surface area contributed by atoms with Crippen LogP contribution in [0, 0.1) is 0 Å². The summed E-state index contributed by atoms with van der Waals surface area (Å²) in [6, 6.07) is 0. The van der Waals surface area contributed by atoms with Gasteiger partial charge in [-0.25, -0.2) is 0 Å². The van der Waals surface area contributed by atoms with E-state index in [9.17, 15) is 0 Å². The lowest BCUT2D eigenvalue weighted by molar-refractivity contribution is 0.433. The average Bonchev–Trinajstić information content (AvgIpc) is 2.56. The smallest absolute Gasteiger partial charge is 0.0358 e. The first-order valence-electron chi connectivity index (χ1n) is 5.17. The number of likely N-dealkylation sites (tertiary alicyclic amines) is 1. The van der Waals surface area contributed by atoms with E-state index in [4.69, 9.17) is 0 Å². The molecule has 0 radical (unpaired) electrons. The number of allylic oxidation sites excluding steroid dienone is 5. The monoisotopic (exact) mass is 175 g/mol. The lowest BCUT2D eigenvalue weighted by atomic mass is 10.2. The molecule has 0 aromatic carbocycles. The Labute approximate surface area is 80.4 Å². The van der Waals surface area contributed by atoms with Crippen molar-refractivity contribution in [3.05, 3.63) is 35.6 Å². The second-order valence-electron chi connectivity index (χ2n) is 3.80. The van der Waals surface area contributed by atoms with Crippen LogP contribution in [0.25, 0.3) is 0 Å². The molecule has 0 atom stereocenters. The van der Waals surface area contributed by atoms with Crippen LogP contribution in [0.15, 0.2) is 35.6 Å². The molecular weight excluding hydrogens is 158 g/mol. The quantitative estimate of drug-likeness (QED) is 0.592. The van der Waals surface area contributed by atoms with Gasteiger partial charge in [0.05, 0.1) is 0 Å². The van der Waals surface area contributed by atoms with Crippen molar-refractivity contribution in [2.45, 2.75) is 26.2 Å². The highest BCUT2D eigenvalue weighted by atomic mass is 15.1. The summed E-state index contributed by atoms with van der Waals surface area (Å²) in [5.74, 6) is 0. The highest BCUT2D eigenvalue weighted by molar-refractivity contribution is 5.34. The fourth-order valence-corrected chi connectivity index (χ4v) is 2.05. The first-order valence-corrected chi connectivity index (χ1v) is 5.17. The van der Waals surface area contributed by atoms with Crippen molar-refractivity contribution in [2.75, 3.05) is 13.1 Å². The van der Waals surface area contributed by atoms with Crippen molar-refractivity contribution >= 4 is 0 Å². The molecule has 0 saturated carbocycles. The maximum atomic E-state index is 2.51. The van der Waals surface area contributed by atoms with Gasteiger partial charge in [-0.15, -0.1) is 0 Å². The van der Waals surface area contributed by atoms with E-state index in [-0.39, 0.29) is 0 Å². The van der Waals surface area contributed by atoms with E-state index >= 15 is 0 Å². The van der Waals surface area contributed by atoms with Crippen LogP contribution in [0.5, 0.6) is 0 Å². The third-order valence-electron chi connectivity index (χ3n) is 2.78. The van der Waals surface area contributed by atoms with Crippen LogP contribution >= 0.6 is 0 Å². The molecule has 0 aromatic rings. The van der Waals surface area contributed by atoms with Crippen LogP contribution in [-0.4, -0.2) is 18.0 Å². The summed E-state index contributed by atoms with van der Waals surface area (Å²) in [6.45, 7) is 4.70. The molecule has 1 aliphatic heterocycles. The van der Waals surface area contributed by atoms with Gasteiger partial charge in [-0.3, -0.25) is 0 Å². The van der Waals surface area contributed by atoms with Gasteiger partial charge in [0.15, 0.2) is 0 Å². The highest BCUT2D eigenvalue weighted by Gasteiger charge is 2.15. The maximum absolute atomic E-state index is 2.51. The van der Waals surface area contributed by atoms with Crippen molar-refractivity contribution in [3.8, 4) is 0 Å². The zero-order valence-electron chi connectivity index (χ0n) is 8.29. The summed E-state index contributed by atoms with van der Waals surface area (Å²) in [7, 11) is 0. The summed E-state index contributed by atoms with van der Waals surface area (Å²) in [5.41, 5.74) is 2.87. The predicted octanol–water partition coefficient (Wildman–Crippen LogP) is 2.87. The van der Waals surface area contributed by atoms with Gasteiger partial charge < -0.3 is 4.90 Å². The summed E-state index contributed by atoms with van der Waals surface area (Å²) < 4.78 is 0. The summed E-state index contributed by atoms with van der Waals surface area (Å²) >= 11 is 0. The zero-order valence-corrected chi connectivity index (χ0v) is 8.29. The van der Waals surface area contributed by atoms with Gasteiger partial charge in [0.2, 0.25) is 0 Å². The average molecular weight is 175 g/mol. The fourth-order valence-electron chi connectivity index (χ4n) is 2.05. The van der Waals surface area contributed by atoms with E-state index in [0.717, 1.165) is 6.42 Å². The van der Waals surface area contributed by atoms with E-state index in [1.54, 1.807) is 0 Å². The minimum Gasteiger partial charge on any atom is -0.372 e. The molecule has 0 unspecified atom stereocenters. The molecule has 1 aliphatic carbocycles. The topological polar surface area (TPSA) is 3.24 Å². The van der Waals surface area contributed by atoms with Gasteiger partial charge in [-0.05, 0) is 31.8 Å². The minimum atomic E-state index is 1.08. The van der Waals surface area contributed by atoms with Crippen LogP contribution in [0.3, 0.4) is 0 Å². The van der Waals surface area contributed by atoms with Crippen molar-refractivity contribution < 1.29 is 0 Å². The SMILES string of the molecule is CC1=CC=CCC=C1N1CCCC1. The fraction of sp³-hybridized carbons (Fsp3) is 0.500. The van der Waals surface area contributed by atoms with Crippen LogP contribution in [0.1, 0.15) is 26.2 Å². The third-order valence-corrected chi connectivity index (χ3v) is 2.78. The second-order valence-corrected chi connectivity index (χ2v) is 3.80. The van der Waals surface area contributed by atoms with Gasteiger partial charge in [0.1, 0.15) is 0 Å². The predicted molar refractivity (Wildman–Crippen MR) is 56.4 cm³/mol. The van der Waals surface area contributed by atoms with Crippen molar-refractivity contribution in [3.63, 3.8) is 0 Å². The van der Waals surface area contributed by atoms with E-state index in [1.165, 1.54) is 37.2 Å². The van der Waals surface area contributed by atoms with Crippen molar-refractivity contribution in [1.82, 2.24) is 4.90 Å². The Hall–Kier alpha value is -0.980. The first kappa shape index (κ1) is 8.61. The molecule has 1 heterocycles. The molecule has 1 fully saturated rings.